The van der Waals surface area contributed by atoms with Crippen LogP contribution in [-0.4, -0.2) is 18.5 Å². The molecule has 0 aliphatic rings. The van der Waals surface area contributed by atoms with Gasteiger partial charge in [-0.1, -0.05) is 70.9 Å². The molecule has 0 fully saturated rings. The normalized spacial score (nSPS) is 10.9. The molecule has 2 aromatic carbocycles. The van der Waals surface area contributed by atoms with Gasteiger partial charge in [-0.15, -0.1) is 0 Å². The molecule has 34 heavy (non-hydrogen) atoms. The monoisotopic (exact) mass is 466 g/mol. The molecule has 2 aromatic rings. The molecular weight excluding hydrogens is 428 g/mol. The predicted octanol–water partition coefficient (Wildman–Crippen LogP) is 7.53. The van der Waals surface area contributed by atoms with E-state index in [-0.39, 0.29) is 5.97 Å². The maximum atomic E-state index is 12.1. The van der Waals surface area contributed by atoms with Gasteiger partial charge in [0.2, 0.25) is 0 Å². The van der Waals surface area contributed by atoms with E-state index in [1.54, 1.807) is 30.3 Å². The number of benzene rings is 2. The highest BCUT2D eigenvalue weighted by Gasteiger charge is 2.06. The fourth-order valence-electron chi connectivity index (χ4n) is 3.34. The summed E-state index contributed by atoms with van der Waals surface area (Å²) in [5.41, 5.74) is 0.883. The van der Waals surface area contributed by atoms with E-state index < -0.39 is 5.97 Å². The zero-order valence-electron chi connectivity index (χ0n) is 20.6. The molecule has 0 N–H and O–H groups in total. The minimum Gasteiger partial charge on any atom is -0.494 e. The summed E-state index contributed by atoms with van der Waals surface area (Å²) >= 11 is 0. The first-order valence-electron chi connectivity index (χ1n) is 12.5. The third-order valence-corrected chi connectivity index (χ3v) is 5.32. The van der Waals surface area contributed by atoms with E-state index in [9.17, 15) is 9.59 Å². The molecule has 0 atom stereocenters. The van der Waals surface area contributed by atoms with Crippen LogP contribution < -0.4 is 14.2 Å². The number of rotatable bonds is 16. The summed E-state index contributed by atoms with van der Waals surface area (Å²) < 4.78 is 16.4. The van der Waals surface area contributed by atoms with Crippen molar-refractivity contribution in [1.29, 1.82) is 0 Å². The Morgan fingerprint density at radius 2 is 1.24 bits per heavy atom. The van der Waals surface area contributed by atoms with Crippen LogP contribution in [0.1, 0.15) is 83.6 Å². The number of hydrogen-bond acceptors (Lipinski definition) is 5. The van der Waals surface area contributed by atoms with Crippen molar-refractivity contribution in [2.45, 2.75) is 78.1 Å². The predicted molar refractivity (Wildman–Crippen MR) is 136 cm³/mol. The molecule has 0 heterocycles. The lowest BCUT2D eigenvalue weighted by molar-refractivity contribution is -0.134. The van der Waals surface area contributed by atoms with Crippen molar-refractivity contribution in [3.8, 4) is 17.2 Å². The van der Waals surface area contributed by atoms with Crippen LogP contribution in [-0.2, 0) is 9.59 Å². The first-order chi connectivity index (χ1) is 16.6. The van der Waals surface area contributed by atoms with Crippen LogP contribution in [0.5, 0.6) is 17.2 Å². The Kier molecular flexibility index (Phi) is 13.2. The Labute approximate surface area is 204 Å². The molecule has 0 bridgehead atoms. The fourth-order valence-corrected chi connectivity index (χ4v) is 3.34. The fraction of sp³-hybridized carbons (Fsp3) is 0.448. The third-order valence-electron chi connectivity index (χ3n) is 5.32. The van der Waals surface area contributed by atoms with Gasteiger partial charge >= 0.3 is 11.9 Å². The van der Waals surface area contributed by atoms with Crippen LogP contribution >= 0.6 is 0 Å². The smallest absolute Gasteiger partial charge is 0.336 e. The van der Waals surface area contributed by atoms with E-state index in [4.69, 9.17) is 14.2 Å². The largest absolute Gasteiger partial charge is 0.494 e. The van der Waals surface area contributed by atoms with E-state index in [1.165, 1.54) is 31.8 Å². The average Bonchev–Trinajstić information content (AvgIpc) is 2.85. The summed E-state index contributed by atoms with van der Waals surface area (Å²) in [6.45, 7) is 5.06. The van der Waals surface area contributed by atoms with E-state index in [1.807, 2.05) is 24.3 Å². The Bertz CT molecular complexity index is 868. The van der Waals surface area contributed by atoms with Crippen LogP contribution in [0.15, 0.2) is 54.6 Å². The minimum absolute atomic E-state index is 0.243. The third kappa shape index (κ3) is 11.7. The highest BCUT2D eigenvalue weighted by Crippen LogP contribution is 2.19. The Morgan fingerprint density at radius 1 is 0.676 bits per heavy atom. The lowest BCUT2D eigenvalue weighted by Gasteiger charge is -2.06. The average molecular weight is 467 g/mol. The molecular formula is C29H38O5. The van der Waals surface area contributed by atoms with Crippen molar-refractivity contribution in [2.75, 3.05) is 6.61 Å². The highest BCUT2D eigenvalue weighted by molar-refractivity contribution is 5.88. The second kappa shape index (κ2) is 16.5. The Hall–Kier alpha value is -3.08. The lowest BCUT2D eigenvalue weighted by Crippen LogP contribution is -2.07. The molecule has 0 unspecified atom stereocenters. The van der Waals surface area contributed by atoms with Gasteiger partial charge in [-0.05, 0) is 60.9 Å². The Balaban J connectivity index is 1.71. The molecule has 0 saturated heterocycles. The zero-order chi connectivity index (χ0) is 24.4. The summed E-state index contributed by atoms with van der Waals surface area (Å²) in [6, 6.07) is 14.1. The molecule has 5 heteroatoms. The van der Waals surface area contributed by atoms with Crippen molar-refractivity contribution in [3.05, 3.63) is 60.2 Å². The first kappa shape index (κ1) is 27.2. The SMILES string of the molecule is CCCCCCCOc1ccc(C=CC(=O)Oc2ccc(OC(=O)CCCCCC)cc2)cc1. The van der Waals surface area contributed by atoms with E-state index >= 15 is 0 Å². The second-order valence-electron chi connectivity index (χ2n) is 8.34. The minimum atomic E-state index is -0.479. The van der Waals surface area contributed by atoms with Gasteiger partial charge < -0.3 is 14.2 Å². The van der Waals surface area contributed by atoms with Gasteiger partial charge in [0.05, 0.1) is 6.61 Å². The molecule has 0 aromatic heterocycles. The van der Waals surface area contributed by atoms with Gasteiger partial charge in [0, 0.05) is 12.5 Å². The molecule has 0 spiro atoms. The van der Waals surface area contributed by atoms with E-state index in [0.29, 0.717) is 17.9 Å². The van der Waals surface area contributed by atoms with Crippen LogP contribution in [0.25, 0.3) is 6.08 Å². The Morgan fingerprint density at radius 3 is 1.88 bits per heavy atom. The summed E-state index contributed by atoms with van der Waals surface area (Å²) in [5, 5.41) is 0. The molecule has 0 aliphatic heterocycles. The highest BCUT2D eigenvalue weighted by atomic mass is 16.5. The van der Waals surface area contributed by atoms with E-state index in [2.05, 4.69) is 13.8 Å². The molecule has 0 saturated carbocycles. The number of hydrogen-bond donors (Lipinski definition) is 0. The van der Waals surface area contributed by atoms with Gasteiger partial charge in [0.25, 0.3) is 0 Å². The quantitative estimate of drug-likeness (QED) is 0.111. The number of carbonyl (C=O) groups is 2. The van der Waals surface area contributed by atoms with Gasteiger partial charge in [-0.3, -0.25) is 4.79 Å². The van der Waals surface area contributed by atoms with Crippen LogP contribution in [0, 0.1) is 0 Å². The standard InChI is InChI=1S/C29H38O5/c1-3-5-7-9-11-23-32-25-16-13-24(14-17-25)15-22-29(31)34-27-20-18-26(19-21-27)33-28(30)12-10-8-6-4-2/h13-22H,3-12,23H2,1-2H3. The van der Waals surface area contributed by atoms with E-state index in [0.717, 1.165) is 50.0 Å². The second-order valence-corrected chi connectivity index (χ2v) is 8.34. The van der Waals surface area contributed by atoms with Crippen LogP contribution in [0.4, 0.5) is 0 Å². The van der Waals surface area contributed by atoms with Crippen molar-refractivity contribution in [3.63, 3.8) is 0 Å². The van der Waals surface area contributed by atoms with Gasteiger partial charge in [-0.25, -0.2) is 4.79 Å². The molecule has 184 valence electrons. The van der Waals surface area contributed by atoms with Crippen molar-refractivity contribution in [1.82, 2.24) is 0 Å². The molecule has 0 aliphatic carbocycles. The van der Waals surface area contributed by atoms with Gasteiger partial charge in [0.1, 0.15) is 17.2 Å². The number of carbonyl (C=O) groups excluding carboxylic acids is 2. The number of esters is 2. The maximum Gasteiger partial charge on any atom is 0.336 e. The number of unbranched alkanes of at least 4 members (excludes halogenated alkanes) is 7. The molecule has 0 radical (unpaired) electrons. The zero-order valence-corrected chi connectivity index (χ0v) is 20.6. The first-order valence-corrected chi connectivity index (χ1v) is 12.5. The van der Waals surface area contributed by atoms with Gasteiger partial charge in [-0.2, -0.15) is 0 Å². The molecule has 5 nitrogen and oxygen atoms in total. The molecule has 2 rings (SSSR count). The summed E-state index contributed by atoms with van der Waals surface area (Å²) in [5.74, 6) is 0.941. The molecule has 0 amide bonds. The van der Waals surface area contributed by atoms with Crippen molar-refractivity contribution < 1.29 is 23.8 Å². The summed E-state index contributed by atoms with van der Waals surface area (Å²) in [6.07, 6.45) is 13.7. The topological polar surface area (TPSA) is 61.8 Å². The van der Waals surface area contributed by atoms with Crippen molar-refractivity contribution in [2.24, 2.45) is 0 Å². The lowest BCUT2D eigenvalue weighted by atomic mass is 10.1. The van der Waals surface area contributed by atoms with Crippen LogP contribution in [0.2, 0.25) is 0 Å². The number of ether oxygens (including phenoxy) is 3. The summed E-state index contributed by atoms with van der Waals surface area (Å²) in [7, 11) is 0. The van der Waals surface area contributed by atoms with Crippen LogP contribution in [0.3, 0.4) is 0 Å². The van der Waals surface area contributed by atoms with Gasteiger partial charge in [0.15, 0.2) is 0 Å². The maximum absolute atomic E-state index is 12.1. The van der Waals surface area contributed by atoms with Crippen molar-refractivity contribution >= 4 is 18.0 Å². The summed E-state index contributed by atoms with van der Waals surface area (Å²) in [4.78, 5) is 24.0.